The molecule has 1 amide bonds. The van der Waals surface area contributed by atoms with Crippen molar-refractivity contribution in [2.45, 2.75) is 6.54 Å². The van der Waals surface area contributed by atoms with Gasteiger partial charge in [-0.1, -0.05) is 12.1 Å². The van der Waals surface area contributed by atoms with Gasteiger partial charge in [0.05, 0.1) is 37.1 Å². The van der Waals surface area contributed by atoms with E-state index in [0.717, 1.165) is 5.56 Å². The zero-order valence-corrected chi connectivity index (χ0v) is 17.1. The molecule has 0 aliphatic rings. The number of methoxy groups -OCH3 is 2. The van der Waals surface area contributed by atoms with E-state index in [0.29, 0.717) is 40.3 Å². The van der Waals surface area contributed by atoms with E-state index in [-0.39, 0.29) is 18.0 Å². The fourth-order valence-electron chi connectivity index (χ4n) is 3.23. The number of ether oxygens (including phenoxy) is 2. The van der Waals surface area contributed by atoms with Crippen molar-refractivity contribution in [1.29, 1.82) is 0 Å². The van der Waals surface area contributed by atoms with Crippen molar-refractivity contribution in [3.63, 3.8) is 0 Å². The molecule has 0 aliphatic carbocycles. The summed E-state index contributed by atoms with van der Waals surface area (Å²) >= 11 is 0. The molecule has 0 saturated heterocycles. The molecule has 0 unspecified atom stereocenters. The van der Waals surface area contributed by atoms with Crippen molar-refractivity contribution >= 4 is 16.8 Å². The summed E-state index contributed by atoms with van der Waals surface area (Å²) in [7, 11) is 3.12. The highest BCUT2D eigenvalue weighted by Gasteiger charge is 2.13. The van der Waals surface area contributed by atoms with Gasteiger partial charge in [0.25, 0.3) is 11.5 Å². The monoisotopic (exact) mass is 419 g/mol. The number of fused-ring (bicyclic) bond motifs is 1. The Labute approximate surface area is 177 Å². The predicted molar refractivity (Wildman–Crippen MR) is 115 cm³/mol. The van der Waals surface area contributed by atoms with Crippen molar-refractivity contribution in [2.24, 2.45) is 0 Å². The molecule has 4 rings (SSSR count). The van der Waals surface area contributed by atoms with E-state index >= 15 is 0 Å². The van der Waals surface area contributed by atoms with Crippen molar-refractivity contribution < 1.29 is 14.3 Å². The van der Waals surface area contributed by atoms with E-state index < -0.39 is 0 Å². The van der Waals surface area contributed by atoms with Crippen LogP contribution in [0.1, 0.15) is 10.5 Å². The third kappa shape index (κ3) is 4.11. The van der Waals surface area contributed by atoms with Crippen LogP contribution >= 0.6 is 0 Å². The number of amides is 1. The lowest BCUT2D eigenvalue weighted by Crippen LogP contribution is -2.31. The summed E-state index contributed by atoms with van der Waals surface area (Å²) in [6, 6.07) is 14.2. The van der Waals surface area contributed by atoms with Crippen LogP contribution in [-0.4, -0.2) is 46.4 Å². The van der Waals surface area contributed by atoms with Crippen LogP contribution in [0.25, 0.3) is 22.2 Å². The Bertz CT molecular complexity index is 1290. The van der Waals surface area contributed by atoms with Crippen LogP contribution < -0.4 is 20.3 Å². The van der Waals surface area contributed by atoms with Crippen LogP contribution in [0.15, 0.2) is 59.7 Å². The molecule has 0 bridgehead atoms. The average molecular weight is 419 g/mol. The smallest absolute Gasteiger partial charge is 0.269 e. The van der Waals surface area contributed by atoms with Crippen LogP contribution in [0.2, 0.25) is 0 Å². The number of H-pyrrole nitrogens is 1. The standard InChI is InChI=1S/C22H21N5O4/c1-30-19-8-7-14(11-20(19)31-2)17-12-18(26-25-17)21(28)23-9-10-27-13-24-16-6-4-3-5-15(16)22(27)29/h3-8,11-13H,9-10H2,1-2H3,(H,23,28)(H,25,26). The molecular formula is C22H21N5O4. The lowest BCUT2D eigenvalue weighted by atomic mass is 10.1. The van der Waals surface area contributed by atoms with Crippen LogP contribution in [-0.2, 0) is 6.54 Å². The zero-order valence-electron chi connectivity index (χ0n) is 17.1. The molecule has 0 aliphatic heterocycles. The van der Waals surface area contributed by atoms with Crippen LogP contribution in [0.5, 0.6) is 11.5 Å². The average Bonchev–Trinajstić information content (AvgIpc) is 3.30. The number of benzene rings is 2. The Morgan fingerprint density at radius 3 is 2.71 bits per heavy atom. The summed E-state index contributed by atoms with van der Waals surface area (Å²) < 4.78 is 12.0. The number of rotatable bonds is 7. The molecule has 0 atom stereocenters. The lowest BCUT2D eigenvalue weighted by Gasteiger charge is -2.08. The molecule has 0 spiro atoms. The molecule has 0 fully saturated rings. The van der Waals surface area contributed by atoms with Gasteiger partial charge in [-0.05, 0) is 36.4 Å². The summed E-state index contributed by atoms with van der Waals surface area (Å²) in [4.78, 5) is 29.3. The maximum absolute atomic E-state index is 12.5. The molecule has 158 valence electrons. The molecule has 9 nitrogen and oxygen atoms in total. The van der Waals surface area contributed by atoms with E-state index in [2.05, 4.69) is 20.5 Å². The van der Waals surface area contributed by atoms with Gasteiger partial charge in [0.1, 0.15) is 5.69 Å². The molecule has 2 heterocycles. The van der Waals surface area contributed by atoms with Gasteiger partial charge in [0.2, 0.25) is 0 Å². The van der Waals surface area contributed by atoms with Gasteiger partial charge in [0, 0.05) is 18.7 Å². The van der Waals surface area contributed by atoms with Gasteiger partial charge in [-0.2, -0.15) is 5.10 Å². The summed E-state index contributed by atoms with van der Waals surface area (Å²) in [5.74, 6) is 0.864. The largest absolute Gasteiger partial charge is 0.493 e. The Morgan fingerprint density at radius 1 is 1.10 bits per heavy atom. The van der Waals surface area contributed by atoms with E-state index in [9.17, 15) is 9.59 Å². The Hall–Kier alpha value is -4.14. The number of carbonyl (C=O) groups excluding carboxylic acids is 1. The zero-order chi connectivity index (χ0) is 21.8. The summed E-state index contributed by atoms with van der Waals surface area (Å²) in [5, 5.41) is 10.3. The molecular weight excluding hydrogens is 398 g/mol. The topological polar surface area (TPSA) is 111 Å². The number of para-hydroxylation sites is 1. The Balaban J connectivity index is 1.42. The highest BCUT2D eigenvalue weighted by atomic mass is 16.5. The number of nitrogens with zero attached hydrogens (tertiary/aromatic N) is 3. The van der Waals surface area contributed by atoms with Gasteiger partial charge in [-0.25, -0.2) is 4.98 Å². The molecule has 0 saturated carbocycles. The van der Waals surface area contributed by atoms with Crippen molar-refractivity contribution in [2.75, 3.05) is 20.8 Å². The van der Waals surface area contributed by atoms with E-state index in [4.69, 9.17) is 9.47 Å². The van der Waals surface area contributed by atoms with Gasteiger partial charge in [-0.15, -0.1) is 0 Å². The van der Waals surface area contributed by atoms with Crippen LogP contribution in [0.4, 0.5) is 0 Å². The number of aromatic nitrogens is 4. The number of carbonyl (C=O) groups is 1. The summed E-state index contributed by atoms with van der Waals surface area (Å²) in [6.07, 6.45) is 1.49. The van der Waals surface area contributed by atoms with Crippen LogP contribution in [0.3, 0.4) is 0 Å². The summed E-state index contributed by atoms with van der Waals surface area (Å²) in [6.45, 7) is 0.572. The maximum atomic E-state index is 12.5. The highest BCUT2D eigenvalue weighted by molar-refractivity contribution is 5.93. The minimum absolute atomic E-state index is 0.142. The molecule has 0 radical (unpaired) electrons. The second kappa shape index (κ2) is 8.70. The Kier molecular flexibility index (Phi) is 5.65. The quantitative estimate of drug-likeness (QED) is 0.475. The van der Waals surface area contributed by atoms with Gasteiger partial charge in [0.15, 0.2) is 11.5 Å². The first-order valence-electron chi connectivity index (χ1n) is 9.61. The fraction of sp³-hybridized carbons (Fsp3) is 0.182. The Morgan fingerprint density at radius 2 is 1.90 bits per heavy atom. The van der Waals surface area contributed by atoms with Crippen molar-refractivity contribution in [3.05, 3.63) is 70.9 Å². The first-order valence-corrected chi connectivity index (χ1v) is 9.61. The number of aromatic amines is 1. The third-order valence-electron chi connectivity index (χ3n) is 4.87. The van der Waals surface area contributed by atoms with E-state index in [1.807, 2.05) is 12.1 Å². The fourth-order valence-corrected chi connectivity index (χ4v) is 3.23. The lowest BCUT2D eigenvalue weighted by molar-refractivity contribution is 0.0947. The second-order valence-corrected chi connectivity index (χ2v) is 6.75. The number of hydrogen-bond acceptors (Lipinski definition) is 6. The third-order valence-corrected chi connectivity index (χ3v) is 4.87. The normalized spacial score (nSPS) is 10.8. The van der Waals surface area contributed by atoms with Crippen LogP contribution in [0, 0.1) is 0 Å². The van der Waals surface area contributed by atoms with Gasteiger partial charge in [-0.3, -0.25) is 19.3 Å². The number of nitrogens with one attached hydrogen (secondary N) is 2. The van der Waals surface area contributed by atoms with Gasteiger partial charge < -0.3 is 14.8 Å². The SMILES string of the molecule is COc1ccc(-c2cc(C(=O)NCCn3cnc4ccccc4c3=O)[nH]n2)cc1OC. The highest BCUT2D eigenvalue weighted by Crippen LogP contribution is 2.31. The maximum Gasteiger partial charge on any atom is 0.269 e. The van der Waals surface area contributed by atoms with E-state index in [1.165, 1.54) is 10.9 Å². The van der Waals surface area contributed by atoms with E-state index in [1.54, 1.807) is 50.6 Å². The first-order chi connectivity index (χ1) is 15.1. The van der Waals surface area contributed by atoms with Crippen molar-refractivity contribution in [1.82, 2.24) is 25.1 Å². The second-order valence-electron chi connectivity index (χ2n) is 6.75. The molecule has 2 N–H and O–H groups in total. The van der Waals surface area contributed by atoms with Crippen molar-refractivity contribution in [3.8, 4) is 22.8 Å². The molecule has 2 aromatic carbocycles. The minimum Gasteiger partial charge on any atom is -0.493 e. The molecule has 4 aromatic rings. The first kappa shape index (κ1) is 20.1. The van der Waals surface area contributed by atoms with Gasteiger partial charge >= 0.3 is 0 Å². The summed E-state index contributed by atoms with van der Waals surface area (Å²) in [5.41, 5.74) is 2.20. The minimum atomic E-state index is -0.318. The predicted octanol–water partition coefficient (Wildman–Crippen LogP) is 2.23. The molecule has 31 heavy (non-hydrogen) atoms. The number of hydrogen-bond donors (Lipinski definition) is 2. The molecule has 2 aromatic heterocycles. The molecule has 9 heteroatoms.